The number of rotatable bonds is 18. The number of methoxy groups -OCH3 is 2. The van der Waals surface area contributed by atoms with Crippen LogP contribution in [0.5, 0.6) is 0 Å². The average molecular weight is 533 g/mol. The second kappa shape index (κ2) is 27.5. The fourth-order valence-corrected chi connectivity index (χ4v) is 1.89. The lowest BCUT2D eigenvalue weighted by molar-refractivity contribution is -0.181. The van der Waals surface area contributed by atoms with Gasteiger partial charge in [-0.1, -0.05) is 13.8 Å². The number of carbonyl (C=O) groups excluding carboxylic acids is 1. The number of hydrogen-bond donors (Lipinski definition) is 7. The van der Waals surface area contributed by atoms with E-state index in [2.05, 4.69) is 5.32 Å². The van der Waals surface area contributed by atoms with Crippen LogP contribution in [0.4, 0.5) is 4.79 Å². The van der Waals surface area contributed by atoms with Gasteiger partial charge in [0.1, 0.15) is 6.61 Å². The average Bonchev–Trinajstić information content (AvgIpc) is 2.85. The summed E-state index contributed by atoms with van der Waals surface area (Å²) in [5.41, 5.74) is 4.85. The number of alkyl carbamates (subject to hydrolysis) is 1. The van der Waals surface area contributed by atoms with Crippen molar-refractivity contribution in [3.63, 3.8) is 0 Å². The van der Waals surface area contributed by atoms with Gasteiger partial charge in [-0.15, -0.1) is 0 Å². The van der Waals surface area contributed by atoms with E-state index in [1.165, 1.54) is 14.2 Å². The van der Waals surface area contributed by atoms with Crippen molar-refractivity contribution in [3.05, 3.63) is 0 Å². The van der Waals surface area contributed by atoms with Gasteiger partial charge < -0.3 is 60.3 Å². The number of nitrogens with two attached hydrogens (primary N) is 1. The summed E-state index contributed by atoms with van der Waals surface area (Å²) >= 11 is 0. The quantitative estimate of drug-likeness (QED) is 0.106. The summed E-state index contributed by atoms with van der Waals surface area (Å²) in [5.74, 6) is -1.84. The highest BCUT2D eigenvalue weighted by atomic mass is 16.7. The molecule has 0 heterocycles. The first-order valence-corrected chi connectivity index (χ1v) is 11.3. The molecule has 0 spiro atoms. The minimum Gasteiger partial charge on any atom is -0.481 e. The first-order chi connectivity index (χ1) is 17.1. The molecular weight excluding hydrogens is 488 g/mol. The van der Waals surface area contributed by atoms with Crippen molar-refractivity contribution in [1.29, 1.82) is 0 Å². The van der Waals surface area contributed by atoms with Crippen LogP contribution in [0, 0.1) is 0 Å². The molecule has 36 heavy (non-hydrogen) atoms. The van der Waals surface area contributed by atoms with Crippen LogP contribution in [0.15, 0.2) is 0 Å². The number of aliphatic hydroxyl groups excluding tert-OH is 3. The molecule has 0 aromatic carbocycles. The third kappa shape index (κ3) is 26.5. The van der Waals surface area contributed by atoms with Crippen LogP contribution in [0.25, 0.3) is 0 Å². The smallest absolute Gasteiger partial charge is 0.407 e. The second-order valence-corrected chi connectivity index (χ2v) is 6.81. The van der Waals surface area contributed by atoms with Gasteiger partial charge in [0.15, 0.2) is 12.6 Å². The van der Waals surface area contributed by atoms with E-state index in [4.69, 9.17) is 55.0 Å². The predicted octanol–water partition coefficient (Wildman–Crippen LogP) is -0.894. The summed E-state index contributed by atoms with van der Waals surface area (Å²) in [5, 5.41) is 44.8. The van der Waals surface area contributed by atoms with Gasteiger partial charge in [0.25, 0.3) is 0 Å². The van der Waals surface area contributed by atoms with Crippen molar-refractivity contribution < 1.29 is 63.6 Å². The monoisotopic (exact) mass is 532 g/mol. The van der Waals surface area contributed by atoms with Gasteiger partial charge in [0, 0.05) is 27.3 Å². The summed E-state index contributed by atoms with van der Waals surface area (Å²) < 4.78 is 24.9. The molecule has 0 rings (SSSR count). The maximum atomic E-state index is 11.2. The molecule has 0 aromatic rings. The number of aliphatic hydroxyl groups is 3. The Morgan fingerprint density at radius 3 is 1.58 bits per heavy atom. The zero-order valence-corrected chi connectivity index (χ0v) is 21.5. The van der Waals surface area contributed by atoms with Crippen LogP contribution in [0.3, 0.4) is 0 Å². The van der Waals surface area contributed by atoms with Crippen LogP contribution < -0.4 is 11.1 Å². The maximum absolute atomic E-state index is 11.2. The molecule has 8 N–H and O–H groups in total. The molecule has 0 saturated heterocycles. The van der Waals surface area contributed by atoms with Gasteiger partial charge in [0.2, 0.25) is 0 Å². The molecule has 0 fully saturated rings. The molecule has 216 valence electrons. The third-order valence-electron chi connectivity index (χ3n) is 4.00. The SMILES string of the molecule is CCC(CO)OC(CO)OC.CCC(CO)OC(COC(=O)NCCC(=O)O)OC.NCCC(=O)O. The number of aliphatic carboxylic acids is 2. The lowest BCUT2D eigenvalue weighted by atomic mass is 10.3. The Bertz CT molecular complexity index is 518. The van der Waals surface area contributed by atoms with E-state index < -0.39 is 30.6 Å². The lowest BCUT2D eigenvalue weighted by Gasteiger charge is -2.21. The minimum absolute atomic E-state index is 0.0130. The van der Waals surface area contributed by atoms with Gasteiger partial charge in [-0.3, -0.25) is 9.59 Å². The number of amides is 1. The van der Waals surface area contributed by atoms with Crippen molar-refractivity contribution in [2.45, 2.75) is 64.3 Å². The lowest BCUT2D eigenvalue weighted by Crippen LogP contribution is -2.34. The van der Waals surface area contributed by atoms with Gasteiger partial charge >= 0.3 is 18.0 Å². The van der Waals surface area contributed by atoms with E-state index in [-0.39, 0.29) is 64.6 Å². The van der Waals surface area contributed by atoms with Crippen molar-refractivity contribution in [2.24, 2.45) is 5.73 Å². The molecule has 0 aliphatic rings. The summed E-state index contributed by atoms with van der Waals surface area (Å²) in [4.78, 5) is 30.9. The normalized spacial score (nSPS) is 13.6. The molecule has 0 aliphatic carbocycles. The van der Waals surface area contributed by atoms with Crippen LogP contribution in [-0.4, -0.2) is 122 Å². The first kappa shape index (κ1) is 38.4. The van der Waals surface area contributed by atoms with Gasteiger partial charge in [-0.25, -0.2) is 4.79 Å². The van der Waals surface area contributed by atoms with Crippen LogP contribution >= 0.6 is 0 Å². The Morgan fingerprint density at radius 1 is 0.806 bits per heavy atom. The summed E-state index contributed by atoms with van der Waals surface area (Å²) in [6.45, 7) is 3.42. The Labute approximate surface area is 211 Å². The molecule has 4 unspecified atom stereocenters. The highest BCUT2D eigenvalue weighted by Crippen LogP contribution is 2.04. The van der Waals surface area contributed by atoms with E-state index in [1.807, 2.05) is 13.8 Å². The Kier molecular flexibility index (Phi) is 29.3. The van der Waals surface area contributed by atoms with E-state index in [9.17, 15) is 14.4 Å². The molecule has 0 radical (unpaired) electrons. The summed E-state index contributed by atoms with van der Waals surface area (Å²) in [6.07, 6.45) is -1.58. The number of carbonyl (C=O) groups is 3. The fourth-order valence-electron chi connectivity index (χ4n) is 1.89. The van der Waals surface area contributed by atoms with Crippen molar-refractivity contribution in [1.82, 2.24) is 5.32 Å². The fraction of sp³-hybridized carbons (Fsp3) is 0.857. The molecule has 0 saturated carbocycles. The van der Waals surface area contributed by atoms with E-state index in [1.54, 1.807) is 0 Å². The number of ether oxygens (including phenoxy) is 5. The summed E-state index contributed by atoms with van der Waals surface area (Å²) in [7, 11) is 2.84. The molecule has 15 heteroatoms. The highest BCUT2D eigenvalue weighted by molar-refractivity contribution is 5.70. The zero-order chi connectivity index (χ0) is 28.4. The molecule has 0 aliphatic heterocycles. The van der Waals surface area contributed by atoms with Crippen molar-refractivity contribution in [2.75, 3.05) is 53.7 Å². The van der Waals surface area contributed by atoms with Crippen molar-refractivity contribution in [3.8, 4) is 0 Å². The third-order valence-corrected chi connectivity index (χ3v) is 4.00. The van der Waals surface area contributed by atoms with E-state index in [0.717, 1.165) is 0 Å². The number of carboxylic acids is 2. The van der Waals surface area contributed by atoms with Crippen molar-refractivity contribution >= 4 is 18.0 Å². The maximum Gasteiger partial charge on any atom is 0.407 e. The molecule has 0 bridgehead atoms. The van der Waals surface area contributed by atoms with Crippen LogP contribution in [0.1, 0.15) is 39.5 Å². The largest absolute Gasteiger partial charge is 0.481 e. The molecule has 0 aromatic heterocycles. The van der Waals surface area contributed by atoms with Gasteiger partial charge in [0.05, 0.1) is 44.9 Å². The molecule has 4 atom stereocenters. The molecular formula is C21H44N2O13. The Morgan fingerprint density at radius 2 is 1.28 bits per heavy atom. The second-order valence-electron chi connectivity index (χ2n) is 6.81. The van der Waals surface area contributed by atoms with Crippen LogP contribution in [0.2, 0.25) is 0 Å². The van der Waals surface area contributed by atoms with Gasteiger partial charge in [-0.2, -0.15) is 0 Å². The molecule has 1 amide bonds. The first-order valence-electron chi connectivity index (χ1n) is 11.3. The highest BCUT2D eigenvalue weighted by Gasteiger charge is 2.16. The minimum atomic E-state index is -1.01. The number of carboxylic acid groups (broad SMARTS) is 2. The standard InChI is InChI=1S/C11H21NO7.C7H16O4.C3H7NO2/c1-3-8(6-13)19-10(17-2)7-18-11(16)12-5-4-9(14)15;1-3-6(4-8)11-7(5-9)10-2;4-2-1-3(5)6/h8,10,13H,3-7H2,1-2H3,(H,12,16)(H,14,15);6-9H,3-5H2,1-2H3;1-2,4H2,(H,5,6). The van der Waals surface area contributed by atoms with Gasteiger partial charge in [-0.05, 0) is 12.8 Å². The topological polar surface area (TPSA) is 237 Å². The number of nitrogens with one attached hydrogen (secondary N) is 1. The van der Waals surface area contributed by atoms with Crippen LogP contribution in [-0.2, 0) is 33.3 Å². The summed E-state index contributed by atoms with van der Waals surface area (Å²) in [6, 6.07) is 0. The molecule has 15 nitrogen and oxygen atoms in total. The zero-order valence-electron chi connectivity index (χ0n) is 21.5. The van der Waals surface area contributed by atoms with E-state index in [0.29, 0.717) is 12.8 Å². The van der Waals surface area contributed by atoms with E-state index >= 15 is 0 Å². The Hall–Kier alpha value is -2.11. The predicted molar refractivity (Wildman–Crippen MR) is 126 cm³/mol. The Balaban J connectivity index is -0.000000536. The number of hydrogen-bond acceptors (Lipinski definition) is 12.